The largest absolute Gasteiger partial charge is 0.505 e. The van der Waals surface area contributed by atoms with E-state index in [4.69, 9.17) is 4.74 Å². The van der Waals surface area contributed by atoms with Crippen LogP contribution < -0.4 is 5.32 Å². The molecule has 0 bridgehead atoms. The number of hydrogen-bond acceptors (Lipinski definition) is 4. The number of carbonyl (C=O) groups excluding carboxylic acids is 2. The van der Waals surface area contributed by atoms with Crippen LogP contribution >= 0.6 is 0 Å². The minimum absolute atomic E-state index is 0.00516. The Morgan fingerprint density at radius 1 is 1.31 bits per heavy atom. The minimum atomic E-state index is -0.821. The Bertz CT molecular complexity index is 782. The van der Waals surface area contributed by atoms with E-state index in [1.165, 1.54) is 6.07 Å². The van der Waals surface area contributed by atoms with Crippen molar-refractivity contribution >= 4 is 12.0 Å². The van der Waals surface area contributed by atoms with Crippen molar-refractivity contribution in [2.45, 2.75) is 71.6 Å². The van der Waals surface area contributed by atoms with Crippen LogP contribution in [0, 0.1) is 17.7 Å². The molecule has 3 rings (SSSR count). The van der Waals surface area contributed by atoms with E-state index in [1.54, 1.807) is 11.0 Å². The van der Waals surface area contributed by atoms with Crippen LogP contribution in [0.25, 0.3) is 0 Å². The molecule has 1 saturated carbocycles. The molecule has 1 heterocycles. The number of hydrogen-bond donors (Lipinski definition) is 2. The fourth-order valence-electron chi connectivity index (χ4n) is 4.30. The molecule has 1 aliphatic carbocycles. The van der Waals surface area contributed by atoms with Crippen LogP contribution in [0.2, 0.25) is 0 Å². The van der Waals surface area contributed by atoms with Gasteiger partial charge in [0.1, 0.15) is 6.10 Å². The Labute approximate surface area is 171 Å². The van der Waals surface area contributed by atoms with E-state index in [0.29, 0.717) is 30.5 Å². The Balaban J connectivity index is 1.49. The van der Waals surface area contributed by atoms with Gasteiger partial charge >= 0.3 is 6.09 Å². The third-order valence-corrected chi connectivity index (χ3v) is 5.87. The number of benzene rings is 1. The second-order valence-corrected chi connectivity index (χ2v) is 9.38. The molecule has 1 atom stereocenters. The van der Waals surface area contributed by atoms with Gasteiger partial charge in [0, 0.05) is 18.6 Å². The number of carbonyl (C=O) groups is 2. The molecule has 160 valence electrons. The predicted molar refractivity (Wildman–Crippen MR) is 107 cm³/mol. The summed E-state index contributed by atoms with van der Waals surface area (Å²) < 4.78 is 19.6. The smallest absolute Gasteiger partial charge is 0.407 e. The molecule has 1 aromatic carbocycles. The molecule has 0 aromatic heterocycles. The number of phenols is 1. The molecule has 1 aliphatic heterocycles. The maximum absolute atomic E-state index is 14.1. The first-order valence-electron chi connectivity index (χ1n) is 10.3. The van der Waals surface area contributed by atoms with Gasteiger partial charge in [0.05, 0.1) is 5.56 Å². The Morgan fingerprint density at radius 2 is 1.97 bits per heavy atom. The molecule has 2 amide bonds. The van der Waals surface area contributed by atoms with Crippen LogP contribution in [0.4, 0.5) is 9.18 Å². The highest BCUT2D eigenvalue weighted by Gasteiger charge is 2.35. The standard InChI is InChI=1S/C22H31FN2O4/c1-13(29-21(28)24-22(2,3)4)15-7-5-14(6-8-15)11-25-12-16-9-10-17(26)19(23)18(16)20(25)27/h9-10,13-15,26H,5-8,11-12H2,1-4H3,(H,24,28). The van der Waals surface area contributed by atoms with Crippen molar-refractivity contribution in [2.75, 3.05) is 6.54 Å². The lowest BCUT2D eigenvalue weighted by Crippen LogP contribution is -2.43. The third-order valence-electron chi connectivity index (χ3n) is 5.87. The number of nitrogens with one attached hydrogen (secondary N) is 1. The average molecular weight is 406 g/mol. The molecule has 6 nitrogen and oxygen atoms in total. The number of alkyl carbamates (subject to hydrolysis) is 1. The SMILES string of the molecule is CC(OC(=O)NC(C)(C)C)C1CCC(CN2Cc3ccc(O)c(F)c3C2=O)CC1. The number of amides is 2. The summed E-state index contributed by atoms with van der Waals surface area (Å²) in [6.45, 7) is 8.64. The highest BCUT2D eigenvalue weighted by Crippen LogP contribution is 2.35. The van der Waals surface area contributed by atoms with Crippen molar-refractivity contribution in [1.82, 2.24) is 10.2 Å². The van der Waals surface area contributed by atoms with E-state index in [1.807, 2.05) is 27.7 Å². The summed E-state index contributed by atoms with van der Waals surface area (Å²) in [6, 6.07) is 2.91. The van der Waals surface area contributed by atoms with Crippen molar-refractivity contribution in [3.05, 3.63) is 29.1 Å². The van der Waals surface area contributed by atoms with E-state index < -0.39 is 17.7 Å². The fourth-order valence-corrected chi connectivity index (χ4v) is 4.30. The minimum Gasteiger partial charge on any atom is -0.505 e. The molecular formula is C22H31FN2O4. The molecule has 1 aromatic rings. The molecule has 2 aliphatic rings. The lowest BCUT2D eigenvalue weighted by molar-refractivity contribution is 0.0439. The number of halogens is 1. The molecule has 0 saturated heterocycles. The topological polar surface area (TPSA) is 78.9 Å². The van der Waals surface area contributed by atoms with Gasteiger partial charge in [-0.15, -0.1) is 0 Å². The second kappa shape index (κ2) is 8.20. The van der Waals surface area contributed by atoms with E-state index >= 15 is 0 Å². The number of aromatic hydroxyl groups is 1. The van der Waals surface area contributed by atoms with Gasteiger partial charge in [-0.2, -0.15) is 0 Å². The molecule has 1 unspecified atom stereocenters. The van der Waals surface area contributed by atoms with Gasteiger partial charge in [-0.1, -0.05) is 6.07 Å². The lowest BCUT2D eigenvalue weighted by atomic mass is 9.79. The van der Waals surface area contributed by atoms with Gasteiger partial charge < -0.3 is 20.1 Å². The summed E-state index contributed by atoms with van der Waals surface area (Å²) in [7, 11) is 0. The highest BCUT2D eigenvalue weighted by atomic mass is 19.1. The summed E-state index contributed by atoms with van der Waals surface area (Å²) in [5, 5.41) is 12.3. The van der Waals surface area contributed by atoms with E-state index in [0.717, 1.165) is 25.7 Å². The first kappa shape index (κ1) is 21.4. The maximum atomic E-state index is 14.1. The molecular weight excluding hydrogens is 375 g/mol. The number of fused-ring (bicyclic) bond motifs is 1. The summed E-state index contributed by atoms with van der Waals surface area (Å²) in [5.41, 5.74) is 0.307. The van der Waals surface area contributed by atoms with E-state index in [9.17, 15) is 19.1 Å². The Morgan fingerprint density at radius 3 is 2.59 bits per heavy atom. The molecule has 0 spiro atoms. The van der Waals surface area contributed by atoms with Crippen molar-refractivity contribution in [3.63, 3.8) is 0 Å². The van der Waals surface area contributed by atoms with E-state index in [-0.39, 0.29) is 23.1 Å². The van der Waals surface area contributed by atoms with Crippen molar-refractivity contribution in [1.29, 1.82) is 0 Å². The van der Waals surface area contributed by atoms with Gasteiger partial charge in [0.2, 0.25) is 0 Å². The van der Waals surface area contributed by atoms with Crippen molar-refractivity contribution in [2.24, 2.45) is 11.8 Å². The van der Waals surface area contributed by atoms with Crippen LogP contribution in [-0.2, 0) is 11.3 Å². The third kappa shape index (κ3) is 5.00. The van der Waals surface area contributed by atoms with Crippen molar-refractivity contribution < 1.29 is 23.8 Å². The quantitative estimate of drug-likeness (QED) is 0.785. The Kier molecular flexibility index (Phi) is 6.05. The van der Waals surface area contributed by atoms with Gasteiger partial charge in [-0.25, -0.2) is 9.18 Å². The summed E-state index contributed by atoms with van der Waals surface area (Å²) in [5.74, 6) is -0.997. The maximum Gasteiger partial charge on any atom is 0.407 e. The van der Waals surface area contributed by atoms with E-state index in [2.05, 4.69) is 5.32 Å². The second-order valence-electron chi connectivity index (χ2n) is 9.38. The first-order chi connectivity index (χ1) is 13.5. The first-order valence-corrected chi connectivity index (χ1v) is 10.3. The van der Waals surface area contributed by atoms with Crippen LogP contribution in [0.1, 0.15) is 69.3 Å². The van der Waals surface area contributed by atoms with Gasteiger partial charge in [-0.05, 0) is 76.8 Å². The zero-order chi connectivity index (χ0) is 21.3. The monoisotopic (exact) mass is 406 g/mol. The molecule has 7 heteroatoms. The summed E-state index contributed by atoms with van der Waals surface area (Å²) in [6.07, 6.45) is 3.18. The van der Waals surface area contributed by atoms with Crippen LogP contribution in [0.5, 0.6) is 5.75 Å². The average Bonchev–Trinajstić information content (AvgIpc) is 2.93. The predicted octanol–water partition coefficient (Wildman–Crippen LogP) is 4.21. The molecule has 1 fully saturated rings. The normalized spacial score (nSPS) is 22.9. The molecule has 29 heavy (non-hydrogen) atoms. The lowest BCUT2D eigenvalue weighted by Gasteiger charge is -2.34. The van der Waals surface area contributed by atoms with Crippen LogP contribution in [0.15, 0.2) is 12.1 Å². The number of rotatable bonds is 4. The summed E-state index contributed by atoms with van der Waals surface area (Å²) in [4.78, 5) is 26.2. The number of phenolic OH excluding ortho intramolecular Hbond substituents is 1. The van der Waals surface area contributed by atoms with Gasteiger partial charge in [-0.3, -0.25) is 4.79 Å². The van der Waals surface area contributed by atoms with Crippen LogP contribution in [0.3, 0.4) is 0 Å². The molecule has 0 radical (unpaired) electrons. The summed E-state index contributed by atoms with van der Waals surface area (Å²) >= 11 is 0. The van der Waals surface area contributed by atoms with Gasteiger partial charge in [0.15, 0.2) is 11.6 Å². The zero-order valence-electron chi connectivity index (χ0n) is 17.6. The number of nitrogens with zero attached hydrogens (tertiary/aromatic N) is 1. The Hall–Kier alpha value is -2.31. The highest BCUT2D eigenvalue weighted by molar-refractivity contribution is 5.99. The van der Waals surface area contributed by atoms with Gasteiger partial charge in [0.25, 0.3) is 5.91 Å². The van der Waals surface area contributed by atoms with Crippen LogP contribution in [-0.4, -0.2) is 40.2 Å². The van der Waals surface area contributed by atoms with Crippen molar-refractivity contribution in [3.8, 4) is 5.75 Å². The molecule has 2 N–H and O–H groups in total. The fraction of sp³-hybridized carbons (Fsp3) is 0.636. The number of ether oxygens (including phenoxy) is 1. The zero-order valence-corrected chi connectivity index (χ0v) is 17.6.